The highest BCUT2D eigenvalue weighted by atomic mass is 16.2. The number of carbonyl (C=O) groups is 1. The van der Waals surface area contributed by atoms with Crippen molar-refractivity contribution < 1.29 is 4.79 Å². The Morgan fingerprint density at radius 3 is 2.41 bits per heavy atom. The third-order valence-electron chi connectivity index (χ3n) is 6.59. The van der Waals surface area contributed by atoms with Crippen LogP contribution in [-0.2, 0) is 6.54 Å². The van der Waals surface area contributed by atoms with Crippen molar-refractivity contribution in [2.24, 2.45) is 0 Å². The first-order valence-corrected chi connectivity index (χ1v) is 12.2. The molecule has 1 fully saturated rings. The van der Waals surface area contributed by atoms with Gasteiger partial charge >= 0.3 is 0 Å². The molecule has 0 radical (unpaired) electrons. The maximum Gasteiger partial charge on any atom is 0.253 e. The predicted octanol–water partition coefficient (Wildman–Crippen LogP) is 3.42. The zero-order valence-electron chi connectivity index (χ0n) is 20.2. The van der Waals surface area contributed by atoms with Crippen molar-refractivity contribution in [2.45, 2.75) is 6.54 Å². The van der Waals surface area contributed by atoms with E-state index < -0.39 is 0 Å². The summed E-state index contributed by atoms with van der Waals surface area (Å²) in [6.45, 7) is 3.79. The topological polar surface area (TPSA) is 106 Å². The molecule has 5 heterocycles. The normalized spacial score (nSPS) is 14.2. The molecule has 9 heteroatoms. The predicted molar refractivity (Wildman–Crippen MR) is 142 cm³/mol. The lowest BCUT2D eigenvalue weighted by Gasteiger charge is -2.34. The van der Waals surface area contributed by atoms with Crippen molar-refractivity contribution in [3.8, 4) is 17.2 Å². The smallest absolute Gasteiger partial charge is 0.253 e. The molecule has 1 aromatic carbocycles. The number of aromatic nitrogens is 5. The summed E-state index contributed by atoms with van der Waals surface area (Å²) in [7, 11) is 0. The molecular weight excluding hydrogens is 464 g/mol. The van der Waals surface area contributed by atoms with Crippen LogP contribution in [0.3, 0.4) is 0 Å². The number of nitrogens with two attached hydrogens (primary N) is 1. The molecule has 0 atom stereocenters. The molecule has 4 aromatic heterocycles. The minimum absolute atomic E-state index is 0.0397. The first-order valence-electron chi connectivity index (χ1n) is 12.2. The molecule has 6 rings (SSSR count). The van der Waals surface area contributed by atoms with Crippen LogP contribution in [0, 0.1) is 0 Å². The van der Waals surface area contributed by atoms with Gasteiger partial charge in [0.15, 0.2) is 11.5 Å². The number of anilines is 1. The molecule has 0 saturated carbocycles. The van der Waals surface area contributed by atoms with Gasteiger partial charge in [0.1, 0.15) is 17.0 Å². The fraction of sp³-hybridized carbons (Fsp3) is 0.179. The first-order chi connectivity index (χ1) is 18.2. The highest BCUT2D eigenvalue weighted by Gasteiger charge is 2.23. The number of rotatable bonds is 5. The number of pyridine rings is 3. The van der Waals surface area contributed by atoms with E-state index in [9.17, 15) is 4.79 Å². The Morgan fingerprint density at radius 2 is 1.65 bits per heavy atom. The van der Waals surface area contributed by atoms with E-state index in [1.807, 2.05) is 76.2 Å². The Kier molecular flexibility index (Phi) is 6.03. The van der Waals surface area contributed by atoms with E-state index in [1.54, 1.807) is 18.6 Å². The number of fused-ring (bicyclic) bond motifs is 1. The van der Waals surface area contributed by atoms with E-state index in [0.717, 1.165) is 47.7 Å². The van der Waals surface area contributed by atoms with Gasteiger partial charge in [0.25, 0.3) is 5.91 Å². The molecule has 9 nitrogen and oxygen atoms in total. The molecule has 1 aliphatic rings. The number of carbonyl (C=O) groups excluding carboxylic acids is 1. The summed E-state index contributed by atoms with van der Waals surface area (Å²) in [5.74, 6) is 1.28. The Hall–Kier alpha value is -4.63. The third kappa shape index (κ3) is 4.64. The van der Waals surface area contributed by atoms with E-state index in [-0.39, 0.29) is 5.91 Å². The molecule has 184 valence electrons. The Morgan fingerprint density at radius 1 is 0.838 bits per heavy atom. The molecule has 0 aliphatic carbocycles. The van der Waals surface area contributed by atoms with Crippen molar-refractivity contribution >= 4 is 22.9 Å². The maximum absolute atomic E-state index is 13.2. The monoisotopic (exact) mass is 490 g/mol. The summed E-state index contributed by atoms with van der Waals surface area (Å²) < 4.78 is 1.98. The lowest BCUT2D eigenvalue weighted by molar-refractivity contribution is 0.0628. The van der Waals surface area contributed by atoms with Gasteiger partial charge in [-0.05, 0) is 66.2 Å². The van der Waals surface area contributed by atoms with Crippen molar-refractivity contribution in [3.05, 3.63) is 96.4 Å². The molecule has 1 amide bonds. The molecule has 0 bridgehead atoms. The van der Waals surface area contributed by atoms with Crippen LogP contribution in [0.1, 0.15) is 15.9 Å². The molecule has 1 saturated heterocycles. The van der Waals surface area contributed by atoms with Gasteiger partial charge in [0.05, 0.1) is 0 Å². The van der Waals surface area contributed by atoms with Crippen LogP contribution >= 0.6 is 0 Å². The maximum atomic E-state index is 13.2. The number of imidazole rings is 1. The highest BCUT2D eigenvalue weighted by Crippen LogP contribution is 2.26. The average molecular weight is 491 g/mol. The van der Waals surface area contributed by atoms with Crippen LogP contribution in [0.25, 0.3) is 28.4 Å². The number of hydrogen-bond acceptors (Lipinski definition) is 7. The standard InChI is InChI=1S/C28H26N8O/c29-25-18-20(10-13-31-25)19-34-14-16-35(17-15-34)28(37)21-6-8-22(9-7-21)36-26-24(5-3-12-32-26)33-27(36)23-4-1-2-11-30-23/h1-13,18H,14-17,19H2,(H2,29,31). The van der Waals surface area contributed by atoms with Crippen LogP contribution < -0.4 is 5.73 Å². The summed E-state index contributed by atoms with van der Waals surface area (Å²) in [4.78, 5) is 35.4. The summed E-state index contributed by atoms with van der Waals surface area (Å²) in [5, 5.41) is 0. The van der Waals surface area contributed by atoms with Gasteiger partial charge in [0, 0.05) is 62.6 Å². The van der Waals surface area contributed by atoms with Crippen LogP contribution in [0.15, 0.2) is 85.3 Å². The van der Waals surface area contributed by atoms with E-state index in [2.05, 4.69) is 19.9 Å². The highest BCUT2D eigenvalue weighted by molar-refractivity contribution is 5.94. The van der Waals surface area contributed by atoms with Crippen LogP contribution in [0.2, 0.25) is 0 Å². The second-order valence-electron chi connectivity index (χ2n) is 9.04. The first kappa shape index (κ1) is 22.8. The van der Waals surface area contributed by atoms with Crippen molar-refractivity contribution in [2.75, 3.05) is 31.9 Å². The summed E-state index contributed by atoms with van der Waals surface area (Å²) in [5.41, 5.74) is 10.8. The number of amides is 1. The number of hydrogen-bond donors (Lipinski definition) is 1. The zero-order valence-corrected chi connectivity index (χ0v) is 20.2. The summed E-state index contributed by atoms with van der Waals surface area (Å²) in [6, 6.07) is 21.1. The molecule has 1 aliphatic heterocycles. The fourth-order valence-electron chi connectivity index (χ4n) is 4.72. The Labute approximate surface area is 214 Å². The number of nitrogen functional groups attached to an aromatic ring is 1. The van der Waals surface area contributed by atoms with Gasteiger partial charge in [0.2, 0.25) is 0 Å². The van der Waals surface area contributed by atoms with Gasteiger partial charge in [-0.1, -0.05) is 6.07 Å². The minimum Gasteiger partial charge on any atom is -0.384 e. The molecule has 0 spiro atoms. The second kappa shape index (κ2) is 9.79. The van der Waals surface area contributed by atoms with Gasteiger partial charge in [-0.15, -0.1) is 0 Å². The zero-order chi connectivity index (χ0) is 25.2. The van der Waals surface area contributed by atoms with Gasteiger partial charge < -0.3 is 10.6 Å². The van der Waals surface area contributed by atoms with Crippen molar-refractivity contribution in [3.63, 3.8) is 0 Å². The number of benzene rings is 1. The van der Waals surface area contributed by atoms with Crippen LogP contribution in [0.4, 0.5) is 5.82 Å². The molecule has 5 aromatic rings. The SMILES string of the molecule is Nc1cc(CN2CCN(C(=O)c3ccc(-n4c(-c5ccccn5)nc5cccnc54)cc3)CC2)ccn1. The van der Waals surface area contributed by atoms with E-state index in [4.69, 9.17) is 10.7 Å². The molecule has 37 heavy (non-hydrogen) atoms. The molecule has 0 unspecified atom stereocenters. The van der Waals surface area contributed by atoms with Gasteiger partial charge in [-0.2, -0.15) is 0 Å². The van der Waals surface area contributed by atoms with Crippen LogP contribution in [0.5, 0.6) is 0 Å². The van der Waals surface area contributed by atoms with E-state index >= 15 is 0 Å². The lowest BCUT2D eigenvalue weighted by atomic mass is 10.1. The van der Waals surface area contributed by atoms with Crippen molar-refractivity contribution in [1.29, 1.82) is 0 Å². The largest absolute Gasteiger partial charge is 0.384 e. The van der Waals surface area contributed by atoms with Crippen molar-refractivity contribution in [1.82, 2.24) is 34.3 Å². The minimum atomic E-state index is 0.0397. The van der Waals surface area contributed by atoms with E-state index in [0.29, 0.717) is 30.3 Å². The average Bonchev–Trinajstić information content (AvgIpc) is 3.33. The fourth-order valence-corrected chi connectivity index (χ4v) is 4.72. The van der Waals surface area contributed by atoms with E-state index in [1.165, 1.54) is 0 Å². The molecule has 2 N–H and O–H groups in total. The number of piperazine rings is 1. The van der Waals surface area contributed by atoms with Crippen LogP contribution in [-0.4, -0.2) is 66.4 Å². The quantitative estimate of drug-likeness (QED) is 0.402. The number of nitrogens with zero attached hydrogens (tertiary/aromatic N) is 7. The lowest BCUT2D eigenvalue weighted by Crippen LogP contribution is -2.48. The third-order valence-corrected chi connectivity index (χ3v) is 6.59. The Bertz CT molecular complexity index is 1540. The second-order valence-corrected chi connectivity index (χ2v) is 9.04. The van der Waals surface area contributed by atoms with Gasteiger partial charge in [-0.25, -0.2) is 15.0 Å². The van der Waals surface area contributed by atoms with Gasteiger partial charge in [-0.3, -0.25) is 19.2 Å². The summed E-state index contributed by atoms with van der Waals surface area (Å²) >= 11 is 0. The molecular formula is C28H26N8O. The Balaban J connectivity index is 1.19. The summed E-state index contributed by atoms with van der Waals surface area (Å²) in [6.07, 6.45) is 5.24.